The van der Waals surface area contributed by atoms with Crippen LogP contribution in [0.2, 0.25) is 0 Å². The van der Waals surface area contributed by atoms with Gasteiger partial charge in [-0.2, -0.15) is 4.31 Å². The van der Waals surface area contributed by atoms with Gasteiger partial charge in [0, 0.05) is 18.7 Å². The molecule has 2 rings (SSSR count). The Balaban J connectivity index is 2.31. The SMILES string of the molecule is CC1CN(S(=O)(=O)c2cccc(C#CCN)c2)CC1C. The fraction of sp³-hybridized carbons (Fsp3) is 0.467. The average Bonchev–Trinajstić information content (AvgIpc) is 2.77. The highest BCUT2D eigenvalue weighted by molar-refractivity contribution is 7.89. The highest BCUT2D eigenvalue weighted by Crippen LogP contribution is 2.28. The van der Waals surface area contributed by atoms with Crippen molar-refractivity contribution in [2.75, 3.05) is 19.6 Å². The predicted molar refractivity (Wildman–Crippen MR) is 79.5 cm³/mol. The lowest BCUT2D eigenvalue weighted by Crippen LogP contribution is -2.29. The van der Waals surface area contributed by atoms with Crippen LogP contribution in [0.25, 0.3) is 0 Å². The third-order valence-corrected chi connectivity index (χ3v) is 5.59. The lowest BCUT2D eigenvalue weighted by atomic mass is 10.0. The summed E-state index contributed by atoms with van der Waals surface area (Å²) in [6.45, 7) is 5.61. The number of benzene rings is 1. The molecule has 1 aliphatic rings. The van der Waals surface area contributed by atoms with Gasteiger partial charge in [-0.15, -0.1) is 0 Å². The molecule has 0 spiro atoms. The van der Waals surface area contributed by atoms with E-state index in [1.165, 1.54) is 0 Å². The van der Waals surface area contributed by atoms with Crippen molar-refractivity contribution >= 4 is 10.0 Å². The van der Waals surface area contributed by atoms with Crippen molar-refractivity contribution in [1.82, 2.24) is 4.31 Å². The van der Waals surface area contributed by atoms with E-state index in [1.54, 1.807) is 28.6 Å². The fourth-order valence-corrected chi connectivity index (χ4v) is 4.00. The zero-order valence-corrected chi connectivity index (χ0v) is 12.7. The van der Waals surface area contributed by atoms with E-state index in [-0.39, 0.29) is 6.54 Å². The zero-order valence-electron chi connectivity index (χ0n) is 11.8. The van der Waals surface area contributed by atoms with E-state index in [0.717, 1.165) is 0 Å². The van der Waals surface area contributed by atoms with Crippen molar-refractivity contribution in [3.8, 4) is 11.8 Å². The van der Waals surface area contributed by atoms with Gasteiger partial charge < -0.3 is 5.73 Å². The summed E-state index contributed by atoms with van der Waals surface area (Å²) in [5.74, 6) is 6.39. The smallest absolute Gasteiger partial charge is 0.243 e. The third-order valence-electron chi connectivity index (χ3n) is 3.76. The van der Waals surface area contributed by atoms with Gasteiger partial charge >= 0.3 is 0 Å². The average molecular weight is 292 g/mol. The molecule has 4 nitrogen and oxygen atoms in total. The maximum atomic E-state index is 12.6. The Bertz CT molecular complexity index is 633. The molecule has 0 bridgehead atoms. The minimum atomic E-state index is -3.42. The second kappa shape index (κ2) is 5.96. The third kappa shape index (κ3) is 3.04. The minimum Gasteiger partial charge on any atom is -0.320 e. The molecule has 5 heteroatoms. The van der Waals surface area contributed by atoms with Crippen molar-refractivity contribution in [2.45, 2.75) is 18.7 Å². The standard InChI is InChI=1S/C15H20N2O2S/c1-12-10-17(11-13(12)2)20(18,19)15-7-3-5-14(9-15)6-4-8-16/h3,5,7,9,12-13H,8,10-11,16H2,1-2H3. The Morgan fingerprint density at radius 1 is 1.30 bits per heavy atom. The maximum Gasteiger partial charge on any atom is 0.243 e. The van der Waals surface area contributed by atoms with Crippen molar-refractivity contribution in [2.24, 2.45) is 17.6 Å². The van der Waals surface area contributed by atoms with E-state index in [2.05, 4.69) is 25.7 Å². The molecule has 0 amide bonds. The molecule has 1 aromatic carbocycles. The first-order valence-corrected chi connectivity index (χ1v) is 8.18. The van der Waals surface area contributed by atoms with E-state index >= 15 is 0 Å². The molecule has 2 N–H and O–H groups in total. The topological polar surface area (TPSA) is 63.4 Å². The Kier molecular flexibility index (Phi) is 4.48. The van der Waals surface area contributed by atoms with Crippen molar-refractivity contribution < 1.29 is 8.42 Å². The van der Waals surface area contributed by atoms with E-state index in [4.69, 9.17) is 5.73 Å². The van der Waals surface area contributed by atoms with Gasteiger partial charge in [0.1, 0.15) is 0 Å². The molecule has 1 heterocycles. The van der Waals surface area contributed by atoms with Crippen LogP contribution < -0.4 is 5.73 Å². The first-order valence-electron chi connectivity index (χ1n) is 6.74. The van der Waals surface area contributed by atoms with Crippen LogP contribution in [0.3, 0.4) is 0 Å². The Morgan fingerprint density at radius 3 is 2.55 bits per heavy atom. The van der Waals surface area contributed by atoms with Gasteiger partial charge in [-0.1, -0.05) is 31.8 Å². The molecule has 0 saturated carbocycles. The zero-order chi connectivity index (χ0) is 14.8. The van der Waals surface area contributed by atoms with Gasteiger partial charge in [-0.05, 0) is 30.0 Å². The maximum absolute atomic E-state index is 12.6. The Hall–Kier alpha value is -1.35. The van der Waals surface area contributed by atoms with E-state index < -0.39 is 10.0 Å². The first kappa shape index (κ1) is 15.0. The summed E-state index contributed by atoms with van der Waals surface area (Å²) in [7, 11) is -3.42. The molecule has 1 fully saturated rings. The molecule has 0 aliphatic carbocycles. The van der Waals surface area contributed by atoms with Crippen LogP contribution in [0.5, 0.6) is 0 Å². The number of hydrogen-bond acceptors (Lipinski definition) is 3. The molecule has 1 aliphatic heterocycles. The van der Waals surface area contributed by atoms with Gasteiger partial charge in [0.25, 0.3) is 0 Å². The van der Waals surface area contributed by atoms with Gasteiger partial charge in [-0.25, -0.2) is 8.42 Å². The van der Waals surface area contributed by atoms with E-state index in [0.29, 0.717) is 35.4 Å². The lowest BCUT2D eigenvalue weighted by Gasteiger charge is -2.16. The molecule has 1 aromatic rings. The van der Waals surface area contributed by atoms with Crippen molar-refractivity contribution in [1.29, 1.82) is 0 Å². The number of hydrogen-bond donors (Lipinski definition) is 1. The summed E-state index contributed by atoms with van der Waals surface area (Å²) < 4.78 is 26.8. The van der Waals surface area contributed by atoms with Gasteiger partial charge in [-0.3, -0.25) is 0 Å². The van der Waals surface area contributed by atoms with Gasteiger partial charge in [0.05, 0.1) is 11.4 Å². The lowest BCUT2D eigenvalue weighted by molar-refractivity contribution is 0.463. The molecular formula is C15H20N2O2S. The number of rotatable bonds is 2. The van der Waals surface area contributed by atoms with Crippen molar-refractivity contribution in [3.63, 3.8) is 0 Å². The molecule has 0 aromatic heterocycles. The highest BCUT2D eigenvalue weighted by Gasteiger charge is 2.34. The van der Waals surface area contributed by atoms with Crippen LogP contribution in [0.1, 0.15) is 19.4 Å². The molecule has 20 heavy (non-hydrogen) atoms. The largest absolute Gasteiger partial charge is 0.320 e. The minimum absolute atomic E-state index is 0.262. The molecule has 2 atom stereocenters. The first-order chi connectivity index (χ1) is 9.45. The molecule has 2 unspecified atom stereocenters. The quantitative estimate of drug-likeness (QED) is 0.835. The number of nitrogens with two attached hydrogens (primary N) is 1. The summed E-state index contributed by atoms with van der Waals surface area (Å²) in [4.78, 5) is 0.308. The van der Waals surface area contributed by atoms with Crippen LogP contribution in [0.4, 0.5) is 0 Å². The number of sulfonamides is 1. The summed E-state index contributed by atoms with van der Waals surface area (Å²) in [5.41, 5.74) is 6.01. The predicted octanol–water partition coefficient (Wildman–Crippen LogP) is 1.27. The molecular weight excluding hydrogens is 272 g/mol. The van der Waals surface area contributed by atoms with Crippen LogP contribution in [0, 0.1) is 23.7 Å². The summed E-state index contributed by atoms with van der Waals surface area (Å²) in [5, 5.41) is 0. The molecule has 1 saturated heterocycles. The summed E-state index contributed by atoms with van der Waals surface area (Å²) >= 11 is 0. The van der Waals surface area contributed by atoms with Crippen LogP contribution in [-0.4, -0.2) is 32.4 Å². The molecule has 0 radical (unpaired) electrons. The van der Waals surface area contributed by atoms with E-state index in [1.807, 2.05) is 0 Å². The van der Waals surface area contributed by atoms with Crippen LogP contribution in [-0.2, 0) is 10.0 Å². The number of nitrogens with zero attached hydrogens (tertiary/aromatic N) is 1. The summed E-state index contributed by atoms with van der Waals surface area (Å²) in [6.07, 6.45) is 0. The van der Waals surface area contributed by atoms with E-state index in [9.17, 15) is 8.42 Å². The Morgan fingerprint density at radius 2 is 1.95 bits per heavy atom. The monoisotopic (exact) mass is 292 g/mol. The second-order valence-electron chi connectivity index (χ2n) is 5.31. The Labute approximate surface area is 121 Å². The fourth-order valence-electron chi connectivity index (χ4n) is 2.31. The summed E-state index contributed by atoms with van der Waals surface area (Å²) in [6, 6.07) is 6.75. The van der Waals surface area contributed by atoms with Gasteiger partial charge in [0.15, 0.2) is 0 Å². The molecule has 108 valence electrons. The highest BCUT2D eigenvalue weighted by atomic mass is 32.2. The van der Waals surface area contributed by atoms with Crippen LogP contribution >= 0.6 is 0 Å². The van der Waals surface area contributed by atoms with Crippen LogP contribution in [0.15, 0.2) is 29.2 Å². The van der Waals surface area contributed by atoms with Gasteiger partial charge in [0.2, 0.25) is 10.0 Å². The normalized spacial score (nSPS) is 23.4. The second-order valence-corrected chi connectivity index (χ2v) is 7.25. The van der Waals surface area contributed by atoms with Crippen molar-refractivity contribution in [3.05, 3.63) is 29.8 Å².